The second-order valence-electron chi connectivity index (χ2n) is 7.84. The summed E-state index contributed by atoms with van der Waals surface area (Å²) in [6.45, 7) is 1.83. The monoisotopic (exact) mass is 435 g/mol. The largest absolute Gasteiger partial charge is 0.372 e. The molecule has 0 aliphatic carbocycles. The van der Waals surface area contributed by atoms with E-state index < -0.39 is 0 Å². The molecule has 2 N–H and O–H groups in total. The smallest absolute Gasteiger partial charge is 0.315 e. The Kier molecular flexibility index (Phi) is 8.78. The van der Waals surface area contributed by atoms with Crippen LogP contribution >= 0.6 is 0 Å². The van der Waals surface area contributed by atoms with Gasteiger partial charge in [0.1, 0.15) is 5.82 Å². The van der Waals surface area contributed by atoms with Crippen LogP contribution in [-0.2, 0) is 24.5 Å². The van der Waals surface area contributed by atoms with Crippen molar-refractivity contribution in [3.8, 4) is 0 Å². The van der Waals surface area contributed by atoms with Crippen molar-refractivity contribution in [1.29, 1.82) is 0 Å². The molecule has 0 saturated heterocycles. The summed E-state index contributed by atoms with van der Waals surface area (Å²) in [6.07, 6.45) is 0. The number of amides is 2. The number of carbonyl (C=O) groups is 1. The molecule has 0 aliphatic rings. The Morgan fingerprint density at radius 3 is 2.22 bits per heavy atom. The Balaban J connectivity index is 1.49. The quantitative estimate of drug-likeness (QED) is 0.488. The summed E-state index contributed by atoms with van der Waals surface area (Å²) in [7, 11) is 3.86. The fraction of sp³-hybridized carbons (Fsp3) is 0.269. The zero-order valence-corrected chi connectivity index (χ0v) is 18.6. The zero-order valence-electron chi connectivity index (χ0n) is 18.6. The van der Waals surface area contributed by atoms with Crippen molar-refractivity contribution in [2.45, 2.75) is 25.8 Å². The van der Waals surface area contributed by atoms with Crippen LogP contribution in [0.2, 0.25) is 0 Å². The van der Waals surface area contributed by atoms with Crippen LogP contribution in [0.3, 0.4) is 0 Å². The van der Waals surface area contributed by atoms with Crippen LogP contribution in [0, 0.1) is 5.82 Å². The lowest BCUT2D eigenvalue weighted by atomic mass is 10.1. The minimum Gasteiger partial charge on any atom is -0.372 e. The number of likely N-dealkylation sites (N-methyl/N-ethyl adjacent to an activating group) is 1. The van der Waals surface area contributed by atoms with Gasteiger partial charge in [-0.1, -0.05) is 66.7 Å². The van der Waals surface area contributed by atoms with E-state index in [-0.39, 0.29) is 17.9 Å². The lowest BCUT2D eigenvalue weighted by molar-refractivity contribution is 0.106. The van der Waals surface area contributed by atoms with Gasteiger partial charge in [0.15, 0.2) is 0 Å². The molecule has 0 bridgehead atoms. The molecule has 3 aromatic carbocycles. The average Bonchev–Trinajstić information content (AvgIpc) is 2.80. The highest BCUT2D eigenvalue weighted by Gasteiger charge is 2.15. The van der Waals surface area contributed by atoms with Crippen LogP contribution in [0.4, 0.5) is 9.18 Å². The fourth-order valence-electron chi connectivity index (χ4n) is 3.43. The normalized spacial score (nSPS) is 11.9. The van der Waals surface area contributed by atoms with Crippen LogP contribution in [0.25, 0.3) is 0 Å². The standard InChI is InChI=1S/C26H30FN3O2/c1-30(2)25(21-12-14-24(27)15-13-21)17-29-26(31)28-16-22-10-6-7-11-23(22)19-32-18-20-8-4-3-5-9-20/h3-15,25H,16-19H2,1-2H3,(H2,28,29,31). The highest BCUT2D eigenvalue weighted by atomic mass is 19.1. The van der Waals surface area contributed by atoms with Gasteiger partial charge in [-0.25, -0.2) is 9.18 Å². The molecule has 0 fully saturated rings. The summed E-state index contributed by atoms with van der Waals surface area (Å²) in [4.78, 5) is 14.4. The molecule has 0 aromatic heterocycles. The first-order valence-corrected chi connectivity index (χ1v) is 10.6. The molecule has 1 atom stereocenters. The number of carbonyl (C=O) groups excluding carboxylic acids is 1. The first-order valence-electron chi connectivity index (χ1n) is 10.6. The van der Waals surface area contributed by atoms with E-state index in [4.69, 9.17) is 4.74 Å². The number of rotatable bonds is 10. The zero-order chi connectivity index (χ0) is 22.8. The Labute approximate surface area is 189 Å². The predicted molar refractivity (Wildman–Crippen MR) is 124 cm³/mol. The van der Waals surface area contributed by atoms with E-state index in [0.717, 1.165) is 22.3 Å². The Bertz CT molecular complexity index is 978. The van der Waals surface area contributed by atoms with E-state index in [1.54, 1.807) is 12.1 Å². The maximum atomic E-state index is 13.2. The average molecular weight is 436 g/mol. The molecule has 168 valence electrons. The van der Waals surface area contributed by atoms with Crippen molar-refractivity contribution in [1.82, 2.24) is 15.5 Å². The summed E-state index contributed by atoms with van der Waals surface area (Å²) >= 11 is 0. The van der Waals surface area contributed by atoms with E-state index in [9.17, 15) is 9.18 Å². The Morgan fingerprint density at radius 1 is 0.875 bits per heavy atom. The van der Waals surface area contributed by atoms with Gasteiger partial charge in [-0.3, -0.25) is 0 Å². The van der Waals surface area contributed by atoms with E-state index in [1.807, 2.05) is 73.6 Å². The number of nitrogens with zero attached hydrogens (tertiary/aromatic N) is 1. The molecular formula is C26H30FN3O2. The summed E-state index contributed by atoms with van der Waals surface area (Å²) in [6, 6.07) is 24.0. The molecule has 32 heavy (non-hydrogen) atoms. The van der Waals surface area contributed by atoms with Crippen molar-refractivity contribution in [3.63, 3.8) is 0 Å². The van der Waals surface area contributed by atoms with Gasteiger partial charge < -0.3 is 20.3 Å². The molecule has 3 rings (SSSR count). The van der Waals surface area contributed by atoms with Crippen molar-refractivity contribution in [2.24, 2.45) is 0 Å². The lowest BCUT2D eigenvalue weighted by Gasteiger charge is -2.25. The number of ether oxygens (including phenoxy) is 1. The maximum Gasteiger partial charge on any atom is 0.315 e. The third-order valence-corrected chi connectivity index (χ3v) is 5.26. The Hall–Kier alpha value is -3.22. The molecule has 0 aliphatic heterocycles. The molecular weight excluding hydrogens is 405 g/mol. The van der Waals surface area contributed by atoms with Gasteiger partial charge in [0.05, 0.1) is 19.3 Å². The van der Waals surface area contributed by atoms with Crippen molar-refractivity contribution >= 4 is 6.03 Å². The van der Waals surface area contributed by atoms with Crippen molar-refractivity contribution in [2.75, 3.05) is 20.6 Å². The van der Waals surface area contributed by atoms with Gasteiger partial charge in [0.2, 0.25) is 0 Å². The van der Waals surface area contributed by atoms with E-state index in [1.165, 1.54) is 12.1 Å². The van der Waals surface area contributed by atoms with Gasteiger partial charge >= 0.3 is 6.03 Å². The fourth-order valence-corrected chi connectivity index (χ4v) is 3.43. The molecule has 5 nitrogen and oxygen atoms in total. The molecule has 0 radical (unpaired) electrons. The van der Waals surface area contributed by atoms with Gasteiger partial charge in [-0.15, -0.1) is 0 Å². The topological polar surface area (TPSA) is 53.6 Å². The molecule has 0 spiro atoms. The van der Waals surface area contributed by atoms with E-state index in [0.29, 0.717) is 26.3 Å². The van der Waals surface area contributed by atoms with Crippen molar-refractivity contribution < 1.29 is 13.9 Å². The number of benzene rings is 3. The van der Waals surface area contributed by atoms with Crippen LogP contribution in [0.5, 0.6) is 0 Å². The van der Waals surface area contributed by atoms with E-state index in [2.05, 4.69) is 10.6 Å². The molecule has 1 unspecified atom stereocenters. The van der Waals surface area contributed by atoms with Crippen LogP contribution in [-0.4, -0.2) is 31.6 Å². The van der Waals surface area contributed by atoms with Crippen molar-refractivity contribution in [3.05, 3.63) is 107 Å². The molecule has 0 heterocycles. The summed E-state index contributed by atoms with van der Waals surface area (Å²) in [5.41, 5.74) is 4.12. The first-order chi connectivity index (χ1) is 15.5. The van der Waals surface area contributed by atoms with Gasteiger partial charge in [-0.2, -0.15) is 0 Å². The minimum atomic E-state index is -0.275. The number of nitrogens with one attached hydrogen (secondary N) is 2. The number of hydrogen-bond acceptors (Lipinski definition) is 3. The Morgan fingerprint density at radius 2 is 1.53 bits per heavy atom. The lowest BCUT2D eigenvalue weighted by Crippen LogP contribution is -2.40. The summed E-state index contributed by atoms with van der Waals surface area (Å²) < 4.78 is 19.1. The summed E-state index contributed by atoms with van der Waals surface area (Å²) in [5, 5.41) is 5.83. The van der Waals surface area contributed by atoms with Gasteiger partial charge in [0.25, 0.3) is 0 Å². The maximum absolute atomic E-state index is 13.2. The third kappa shape index (κ3) is 7.18. The van der Waals surface area contributed by atoms with Gasteiger partial charge in [-0.05, 0) is 48.5 Å². The SMILES string of the molecule is CN(C)C(CNC(=O)NCc1ccccc1COCc1ccccc1)c1ccc(F)cc1. The molecule has 0 saturated carbocycles. The highest BCUT2D eigenvalue weighted by molar-refractivity contribution is 5.73. The molecule has 2 amide bonds. The highest BCUT2D eigenvalue weighted by Crippen LogP contribution is 2.18. The first kappa shape index (κ1) is 23.4. The number of urea groups is 1. The minimum absolute atomic E-state index is 0.0555. The molecule has 3 aromatic rings. The second-order valence-corrected chi connectivity index (χ2v) is 7.84. The van der Waals surface area contributed by atoms with Crippen LogP contribution in [0.15, 0.2) is 78.9 Å². The molecule has 6 heteroatoms. The second kappa shape index (κ2) is 12.0. The number of hydrogen-bond donors (Lipinski definition) is 2. The number of halogens is 1. The van der Waals surface area contributed by atoms with Crippen LogP contribution < -0.4 is 10.6 Å². The van der Waals surface area contributed by atoms with E-state index >= 15 is 0 Å². The van der Waals surface area contributed by atoms with Crippen LogP contribution in [0.1, 0.15) is 28.3 Å². The third-order valence-electron chi connectivity index (χ3n) is 5.26. The predicted octanol–water partition coefficient (Wildman–Crippen LogP) is 4.64. The van der Waals surface area contributed by atoms with Gasteiger partial charge in [0, 0.05) is 13.1 Å². The summed E-state index contributed by atoms with van der Waals surface area (Å²) in [5.74, 6) is -0.275.